The fourth-order valence-corrected chi connectivity index (χ4v) is 7.96. The van der Waals surface area contributed by atoms with E-state index >= 15 is 0 Å². The van der Waals surface area contributed by atoms with Crippen LogP contribution >= 0.6 is 23.3 Å². The predicted molar refractivity (Wildman–Crippen MR) is 206 cm³/mol. The molecule has 1 aliphatic carbocycles. The molecule has 9 heteroatoms. The van der Waals surface area contributed by atoms with E-state index < -0.39 is 0 Å². The number of hydrogen-bond donors (Lipinski definition) is 1. The van der Waals surface area contributed by atoms with Crippen molar-refractivity contribution in [2.75, 3.05) is 13.1 Å². The summed E-state index contributed by atoms with van der Waals surface area (Å²) in [5, 5.41) is 19.3. The molecule has 2 aliphatic rings. The minimum Gasteiger partial charge on any atom is -0.506 e. The molecule has 0 amide bonds. The van der Waals surface area contributed by atoms with Crippen LogP contribution in [-0.4, -0.2) is 54.2 Å². The molecule has 1 aromatic rings. The van der Waals surface area contributed by atoms with E-state index in [0.29, 0.717) is 10.6 Å². The number of nitrogens with zero attached hydrogens (tertiary/aromatic N) is 5. The Morgan fingerprint density at radius 2 is 1.12 bits per heavy atom. The van der Waals surface area contributed by atoms with Crippen molar-refractivity contribution in [1.29, 1.82) is 0 Å². The van der Waals surface area contributed by atoms with Crippen molar-refractivity contribution in [3.63, 3.8) is 0 Å². The zero-order chi connectivity index (χ0) is 34.2. The van der Waals surface area contributed by atoms with Crippen LogP contribution in [0.5, 0.6) is 0 Å². The second-order valence-electron chi connectivity index (χ2n) is 13.7. The van der Waals surface area contributed by atoms with Gasteiger partial charge in [-0.25, -0.2) is 0 Å². The Balaban J connectivity index is 1.46. The van der Waals surface area contributed by atoms with Crippen LogP contribution in [0, 0.1) is 0 Å². The number of allylic oxidation sites excluding steroid dienone is 5. The third-order valence-corrected chi connectivity index (χ3v) is 11.3. The third kappa shape index (κ3) is 14.8. The van der Waals surface area contributed by atoms with Gasteiger partial charge >= 0.3 is 5.17 Å². The topological polar surface area (TPSA) is 91.3 Å². The first-order valence-corrected chi connectivity index (χ1v) is 21.1. The van der Waals surface area contributed by atoms with E-state index in [-0.39, 0.29) is 17.1 Å². The number of unbranched alkanes of at least 4 members (excludes halogenated alkanes) is 22. The number of carbonyl (C=O) groups is 1. The van der Waals surface area contributed by atoms with Gasteiger partial charge in [0.1, 0.15) is 11.3 Å². The van der Waals surface area contributed by atoms with Crippen molar-refractivity contribution in [2.24, 2.45) is 4.99 Å². The van der Waals surface area contributed by atoms with Gasteiger partial charge < -0.3 is 5.11 Å². The Hall–Kier alpha value is -2.13. The van der Waals surface area contributed by atoms with Gasteiger partial charge in [-0.05, 0) is 48.0 Å². The zero-order valence-corrected chi connectivity index (χ0v) is 32.1. The molecule has 1 N–H and O–H groups in total. The zero-order valence-electron chi connectivity index (χ0n) is 30.4. The lowest BCUT2D eigenvalue weighted by Gasteiger charge is -2.17. The Bertz CT molecular complexity index is 1200. The maximum atomic E-state index is 12.7. The molecule has 2 heterocycles. The summed E-state index contributed by atoms with van der Waals surface area (Å²) in [5.41, 5.74) is 1.48. The number of ketones is 1. The van der Waals surface area contributed by atoms with Crippen LogP contribution in [-0.2, 0) is 4.79 Å². The number of thioether (sulfide) groups is 1. The maximum Gasteiger partial charge on any atom is 0.359 e. The molecule has 3 rings (SSSR count). The van der Waals surface area contributed by atoms with Gasteiger partial charge in [-0.3, -0.25) is 9.37 Å². The SMILES string of the molecule is CCCCCCCCCCCCCC[N+](CCCCCCCCCCCCCC)=C1N=C(C)/C(=C/C=C2C(=O)C(c3nnns3)=C2O)S1. The highest BCUT2D eigenvalue weighted by Gasteiger charge is 2.37. The lowest BCUT2D eigenvalue weighted by Crippen LogP contribution is -2.21. The van der Waals surface area contributed by atoms with Crippen LogP contribution in [0.3, 0.4) is 0 Å². The van der Waals surface area contributed by atoms with Gasteiger partial charge in [0.25, 0.3) is 0 Å². The van der Waals surface area contributed by atoms with Gasteiger partial charge in [0.05, 0.1) is 23.6 Å². The largest absolute Gasteiger partial charge is 0.506 e. The summed E-state index contributed by atoms with van der Waals surface area (Å²) in [5.74, 6) is -0.247. The Kier molecular flexibility index (Phi) is 20.9. The van der Waals surface area contributed by atoms with Crippen LogP contribution < -0.4 is 0 Å². The number of rotatable bonds is 28. The van der Waals surface area contributed by atoms with E-state index in [1.165, 1.54) is 154 Å². The van der Waals surface area contributed by atoms with Crippen LogP contribution in [0.1, 0.15) is 180 Å². The van der Waals surface area contributed by atoms with Crippen molar-refractivity contribution in [3.05, 3.63) is 33.4 Å². The second kappa shape index (κ2) is 24.9. The highest BCUT2D eigenvalue weighted by molar-refractivity contribution is 8.18. The number of aliphatic hydroxyl groups is 1. The van der Waals surface area contributed by atoms with Crippen LogP contribution in [0.25, 0.3) is 5.57 Å². The first-order valence-electron chi connectivity index (χ1n) is 19.5. The highest BCUT2D eigenvalue weighted by atomic mass is 32.2. The average molecular weight is 699 g/mol. The summed E-state index contributed by atoms with van der Waals surface area (Å²) in [6.07, 6.45) is 36.2. The minimum absolute atomic E-state index is 0.0298. The summed E-state index contributed by atoms with van der Waals surface area (Å²) in [7, 11) is 0. The Labute approximate surface area is 300 Å². The smallest absolute Gasteiger partial charge is 0.359 e. The highest BCUT2D eigenvalue weighted by Crippen LogP contribution is 2.37. The fourth-order valence-electron chi connectivity index (χ4n) is 6.44. The first kappa shape index (κ1) is 40.3. The number of aliphatic imine (C=N–C) groups is 1. The number of hydrogen-bond acceptors (Lipinski definition) is 7. The number of amidine groups is 1. The second-order valence-corrected chi connectivity index (χ2v) is 15.4. The van der Waals surface area contributed by atoms with Gasteiger partial charge in [-0.2, -0.15) is 0 Å². The van der Waals surface area contributed by atoms with E-state index in [9.17, 15) is 9.90 Å². The number of carbonyl (C=O) groups excluding carboxylic acids is 1. The molecule has 48 heavy (non-hydrogen) atoms. The van der Waals surface area contributed by atoms with Crippen LogP contribution in [0.4, 0.5) is 0 Å². The van der Waals surface area contributed by atoms with Crippen LogP contribution in [0.2, 0.25) is 0 Å². The van der Waals surface area contributed by atoms with Crippen molar-refractivity contribution in [1.82, 2.24) is 14.8 Å². The van der Waals surface area contributed by atoms with Gasteiger partial charge in [0.2, 0.25) is 5.78 Å². The minimum atomic E-state index is -0.217. The van der Waals surface area contributed by atoms with E-state index in [1.807, 2.05) is 13.0 Å². The van der Waals surface area contributed by atoms with Crippen LogP contribution in [0.15, 0.2) is 33.4 Å². The summed E-state index contributed by atoms with van der Waals surface area (Å²) in [6.45, 7) is 8.70. The van der Waals surface area contributed by atoms with E-state index in [1.54, 1.807) is 17.8 Å². The monoisotopic (exact) mass is 698 g/mol. The molecule has 1 aromatic heterocycles. The molecule has 0 saturated heterocycles. The fraction of sp³-hybridized carbons (Fsp3) is 0.744. The van der Waals surface area contributed by atoms with E-state index in [0.717, 1.165) is 40.4 Å². The van der Waals surface area contributed by atoms with E-state index in [2.05, 4.69) is 33.2 Å². The molecule has 0 saturated carbocycles. The quantitative estimate of drug-likeness (QED) is 0.0532. The molecule has 0 spiro atoms. The number of aliphatic hydroxyl groups excluding tert-OH is 1. The summed E-state index contributed by atoms with van der Waals surface area (Å²) >= 11 is 2.70. The predicted octanol–water partition coefficient (Wildman–Crippen LogP) is 11.6. The Morgan fingerprint density at radius 1 is 0.667 bits per heavy atom. The molecule has 268 valence electrons. The first-order chi connectivity index (χ1) is 23.6. The molecular weight excluding hydrogens is 635 g/mol. The molecule has 0 atom stereocenters. The molecule has 0 radical (unpaired) electrons. The van der Waals surface area contributed by atoms with Crippen molar-refractivity contribution in [3.8, 4) is 0 Å². The summed E-state index contributed by atoms with van der Waals surface area (Å²) in [6, 6.07) is 0. The van der Waals surface area contributed by atoms with Gasteiger partial charge in [0, 0.05) is 30.2 Å². The molecule has 0 fully saturated rings. The lowest BCUT2D eigenvalue weighted by molar-refractivity contribution is -0.527. The van der Waals surface area contributed by atoms with E-state index in [4.69, 9.17) is 4.99 Å². The third-order valence-electron chi connectivity index (χ3n) is 9.53. The molecule has 0 aromatic carbocycles. The maximum absolute atomic E-state index is 12.7. The molecule has 0 bridgehead atoms. The van der Waals surface area contributed by atoms with Gasteiger partial charge in [-0.15, -0.1) is 5.10 Å². The number of aromatic nitrogens is 3. The molecular formula is C39H64N5O2S2+. The standard InChI is InChI=1S/C39H63N5O2S2/c1-4-6-8-10-12-14-16-18-20-22-24-26-30-44(31-27-25-23-21-19-17-15-13-11-9-7-5-2)39-40-32(3)34(47-39)29-28-33-36(45)35(37(33)46)38-41-42-43-48-38/h28-29H,4-27,30-31H2,1-3H3/p+1. The Morgan fingerprint density at radius 3 is 1.54 bits per heavy atom. The summed E-state index contributed by atoms with van der Waals surface area (Å²) in [4.78, 5) is 18.7. The molecule has 1 aliphatic heterocycles. The molecule has 0 unspecified atom stereocenters. The van der Waals surface area contributed by atoms with Crippen molar-refractivity contribution < 1.29 is 14.5 Å². The average Bonchev–Trinajstić information content (AvgIpc) is 3.74. The van der Waals surface area contributed by atoms with Gasteiger partial charge in [0.15, 0.2) is 10.7 Å². The molecule has 7 nitrogen and oxygen atoms in total. The van der Waals surface area contributed by atoms with Gasteiger partial charge in [-0.1, -0.05) is 147 Å². The number of Topliss-reactive ketones (excluding diaryl/α,β-unsaturated/α-hetero) is 1. The van der Waals surface area contributed by atoms with Crippen molar-refractivity contribution >= 4 is 45.5 Å². The normalized spacial score (nSPS) is 16.4. The van der Waals surface area contributed by atoms with Crippen molar-refractivity contribution in [2.45, 2.75) is 175 Å². The summed E-state index contributed by atoms with van der Waals surface area (Å²) < 4.78 is 6.20. The lowest BCUT2D eigenvalue weighted by atomic mass is 9.88.